The number of hydrogen-bond donors (Lipinski definition) is 2. The van der Waals surface area contributed by atoms with E-state index in [1.165, 1.54) is 18.2 Å². The monoisotopic (exact) mass is 323 g/mol. The maximum atomic E-state index is 13.3. The number of rotatable bonds is 3. The van der Waals surface area contributed by atoms with Crippen molar-refractivity contribution >= 4 is 21.8 Å². The second-order valence-corrected chi connectivity index (χ2v) is 4.71. The highest BCUT2D eigenvalue weighted by molar-refractivity contribution is 9.10. The summed E-state index contributed by atoms with van der Waals surface area (Å²) in [4.78, 5) is 11.9. The SMILES string of the molecule is O=C(NCc1ccccc1O)c1cccc(F)c1Br. The average Bonchev–Trinajstić information content (AvgIpc) is 2.40. The molecule has 2 aromatic carbocycles. The fraction of sp³-hybridized carbons (Fsp3) is 0.0714. The highest BCUT2D eigenvalue weighted by atomic mass is 79.9. The maximum Gasteiger partial charge on any atom is 0.252 e. The van der Waals surface area contributed by atoms with Crippen molar-refractivity contribution in [1.82, 2.24) is 5.32 Å². The first-order valence-corrected chi connectivity index (χ1v) is 6.38. The number of benzene rings is 2. The summed E-state index contributed by atoms with van der Waals surface area (Å²) in [5.41, 5.74) is 0.818. The predicted octanol–water partition coefficient (Wildman–Crippen LogP) is 3.22. The molecule has 98 valence electrons. The Kier molecular flexibility index (Phi) is 4.16. The minimum absolute atomic E-state index is 0.112. The van der Waals surface area contributed by atoms with Gasteiger partial charge in [0.05, 0.1) is 10.0 Å². The number of hydrogen-bond acceptors (Lipinski definition) is 2. The van der Waals surface area contributed by atoms with E-state index in [1.54, 1.807) is 24.3 Å². The van der Waals surface area contributed by atoms with Crippen LogP contribution in [0.15, 0.2) is 46.9 Å². The van der Waals surface area contributed by atoms with Crippen molar-refractivity contribution in [3.05, 3.63) is 63.9 Å². The number of nitrogens with one attached hydrogen (secondary N) is 1. The van der Waals surface area contributed by atoms with Gasteiger partial charge in [0, 0.05) is 12.1 Å². The fourth-order valence-electron chi connectivity index (χ4n) is 1.61. The number of phenolic OH excluding ortho intramolecular Hbond substituents is 1. The van der Waals surface area contributed by atoms with Gasteiger partial charge in [-0.2, -0.15) is 0 Å². The molecule has 5 heteroatoms. The van der Waals surface area contributed by atoms with Gasteiger partial charge in [0.1, 0.15) is 11.6 Å². The van der Waals surface area contributed by atoms with Gasteiger partial charge in [-0.1, -0.05) is 24.3 Å². The molecule has 0 radical (unpaired) electrons. The van der Waals surface area contributed by atoms with Gasteiger partial charge in [0.2, 0.25) is 0 Å². The van der Waals surface area contributed by atoms with Gasteiger partial charge >= 0.3 is 0 Å². The van der Waals surface area contributed by atoms with E-state index >= 15 is 0 Å². The molecule has 0 heterocycles. The Hall–Kier alpha value is -1.88. The molecule has 0 aromatic heterocycles. The first-order valence-electron chi connectivity index (χ1n) is 5.58. The van der Waals surface area contributed by atoms with E-state index in [0.717, 1.165) is 0 Å². The van der Waals surface area contributed by atoms with E-state index in [9.17, 15) is 14.3 Å². The van der Waals surface area contributed by atoms with E-state index in [-0.39, 0.29) is 22.3 Å². The molecule has 19 heavy (non-hydrogen) atoms. The average molecular weight is 324 g/mol. The Labute approximate surface area is 118 Å². The lowest BCUT2D eigenvalue weighted by Crippen LogP contribution is -2.23. The Bertz CT molecular complexity index is 616. The van der Waals surface area contributed by atoms with Crippen molar-refractivity contribution in [1.29, 1.82) is 0 Å². The van der Waals surface area contributed by atoms with Crippen LogP contribution in [-0.4, -0.2) is 11.0 Å². The molecule has 0 atom stereocenters. The lowest BCUT2D eigenvalue weighted by Gasteiger charge is -2.08. The predicted molar refractivity (Wildman–Crippen MR) is 73.4 cm³/mol. The van der Waals surface area contributed by atoms with Crippen molar-refractivity contribution in [3.63, 3.8) is 0 Å². The largest absolute Gasteiger partial charge is 0.508 e. The van der Waals surface area contributed by atoms with Crippen molar-refractivity contribution < 1.29 is 14.3 Å². The Balaban J connectivity index is 2.10. The smallest absolute Gasteiger partial charge is 0.252 e. The third-order valence-corrected chi connectivity index (χ3v) is 3.43. The number of phenols is 1. The van der Waals surface area contributed by atoms with Gasteiger partial charge in [-0.05, 0) is 34.1 Å². The molecule has 0 saturated carbocycles. The molecule has 0 spiro atoms. The van der Waals surface area contributed by atoms with Crippen LogP contribution in [0.25, 0.3) is 0 Å². The minimum Gasteiger partial charge on any atom is -0.508 e. The van der Waals surface area contributed by atoms with Crippen LogP contribution in [0.3, 0.4) is 0 Å². The summed E-state index contributed by atoms with van der Waals surface area (Å²) >= 11 is 3.04. The summed E-state index contributed by atoms with van der Waals surface area (Å²) in [5, 5.41) is 12.2. The van der Waals surface area contributed by atoms with Crippen molar-refractivity contribution in [2.24, 2.45) is 0 Å². The van der Waals surface area contributed by atoms with E-state index in [1.807, 2.05) is 0 Å². The number of amides is 1. The molecule has 0 unspecified atom stereocenters. The third kappa shape index (κ3) is 3.12. The van der Waals surface area contributed by atoms with E-state index in [2.05, 4.69) is 21.2 Å². The number of para-hydroxylation sites is 1. The van der Waals surface area contributed by atoms with Crippen molar-refractivity contribution in [2.75, 3.05) is 0 Å². The molecule has 1 amide bonds. The molecule has 0 fully saturated rings. The number of carbonyl (C=O) groups excluding carboxylic acids is 1. The van der Waals surface area contributed by atoms with E-state index in [0.29, 0.717) is 5.56 Å². The second kappa shape index (κ2) is 5.84. The van der Waals surface area contributed by atoms with Gasteiger partial charge < -0.3 is 10.4 Å². The summed E-state index contributed by atoms with van der Waals surface area (Å²) < 4.78 is 13.4. The fourth-order valence-corrected chi connectivity index (χ4v) is 2.05. The van der Waals surface area contributed by atoms with Gasteiger partial charge in [-0.25, -0.2) is 4.39 Å². The molecule has 0 bridgehead atoms. The van der Waals surface area contributed by atoms with Crippen LogP contribution < -0.4 is 5.32 Å². The standard InChI is InChI=1S/C14H11BrFNO2/c15-13-10(5-3-6-11(13)16)14(19)17-8-9-4-1-2-7-12(9)18/h1-7,18H,8H2,(H,17,19). The summed E-state index contributed by atoms with van der Waals surface area (Å²) in [6.07, 6.45) is 0. The van der Waals surface area contributed by atoms with Crippen LogP contribution in [0.2, 0.25) is 0 Å². The van der Waals surface area contributed by atoms with Gasteiger partial charge in [-0.15, -0.1) is 0 Å². The highest BCUT2D eigenvalue weighted by Crippen LogP contribution is 2.21. The Morgan fingerprint density at radius 3 is 2.68 bits per heavy atom. The molecule has 2 N–H and O–H groups in total. The zero-order valence-corrected chi connectivity index (χ0v) is 11.4. The summed E-state index contributed by atoms with van der Waals surface area (Å²) in [5.74, 6) is -0.786. The van der Waals surface area contributed by atoms with Gasteiger partial charge in [0.25, 0.3) is 5.91 Å². The third-order valence-electron chi connectivity index (χ3n) is 2.63. The van der Waals surface area contributed by atoms with Crippen LogP contribution in [0, 0.1) is 5.82 Å². The van der Waals surface area contributed by atoms with Crippen molar-refractivity contribution in [3.8, 4) is 5.75 Å². The van der Waals surface area contributed by atoms with E-state index < -0.39 is 11.7 Å². The first kappa shape index (κ1) is 13.5. The van der Waals surface area contributed by atoms with Crippen LogP contribution in [0.1, 0.15) is 15.9 Å². The van der Waals surface area contributed by atoms with Gasteiger partial charge in [-0.3, -0.25) is 4.79 Å². The molecular weight excluding hydrogens is 313 g/mol. The normalized spacial score (nSPS) is 10.2. The van der Waals surface area contributed by atoms with Crippen LogP contribution in [0.4, 0.5) is 4.39 Å². The first-order chi connectivity index (χ1) is 9.09. The molecule has 0 aliphatic heterocycles. The lowest BCUT2D eigenvalue weighted by atomic mass is 10.1. The Morgan fingerprint density at radius 2 is 1.95 bits per heavy atom. The number of carbonyl (C=O) groups is 1. The summed E-state index contributed by atoms with van der Waals surface area (Å²) in [6, 6.07) is 11.0. The molecule has 0 aliphatic rings. The van der Waals surface area contributed by atoms with Crippen molar-refractivity contribution in [2.45, 2.75) is 6.54 Å². The van der Waals surface area contributed by atoms with E-state index in [4.69, 9.17) is 0 Å². The zero-order chi connectivity index (χ0) is 13.8. The lowest BCUT2D eigenvalue weighted by molar-refractivity contribution is 0.0949. The summed E-state index contributed by atoms with van der Waals surface area (Å²) in [6.45, 7) is 0.175. The highest BCUT2D eigenvalue weighted by Gasteiger charge is 2.13. The number of aromatic hydroxyl groups is 1. The molecule has 0 aliphatic carbocycles. The van der Waals surface area contributed by atoms with Crippen LogP contribution in [-0.2, 0) is 6.54 Å². The summed E-state index contributed by atoms with van der Waals surface area (Å²) in [7, 11) is 0. The Morgan fingerprint density at radius 1 is 1.21 bits per heavy atom. The maximum absolute atomic E-state index is 13.3. The zero-order valence-electron chi connectivity index (χ0n) is 9.86. The topological polar surface area (TPSA) is 49.3 Å². The quantitative estimate of drug-likeness (QED) is 0.911. The van der Waals surface area contributed by atoms with Crippen LogP contribution in [0.5, 0.6) is 5.75 Å². The molecular formula is C14H11BrFNO2. The molecule has 3 nitrogen and oxygen atoms in total. The molecule has 0 saturated heterocycles. The molecule has 2 rings (SSSR count). The molecule has 2 aromatic rings. The minimum atomic E-state index is -0.491. The number of halogens is 2. The van der Waals surface area contributed by atoms with Gasteiger partial charge in [0.15, 0.2) is 0 Å². The van der Waals surface area contributed by atoms with Crippen LogP contribution >= 0.6 is 15.9 Å². The second-order valence-electron chi connectivity index (χ2n) is 3.91.